The second-order valence-corrected chi connectivity index (χ2v) is 6.45. The van der Waals surface area contributed by atoms with E-state index >= 15 is 0 Å². The molecule has 1 aliphatic heterocycles. The van der Waals surface area contributed by atoms with E-state index in [9.17, 15) is 4.39 Å². The van der Waals surface area contributed by atoms with Gasteiger partial charge in [-0.2, -0.15) is 4.98 Å². The molecule has 5 nitrogen and oxygen atoms in total. The van der Waals surface area contributed by atoms with E-state index in [1.54, 1.807) is 12.1 Å². The monoisotopic (exact) mass is 318 g/mol. The normalized spacial score (nSPS) is 19.4. The molecule has 2 heterocycles. The maximum atomic E-state index is 13.5. The average molecular weight is 318 g/mol. The lowest BCUT2D eigenvalue weighted by Crippen LogP contribution is -2.45. The van der Waals surface area contributed by atoms with Gasteiger partial charge in [0.15, 0.2) is 5.82 Å². The molecule has 1 unspecified atom stereocenters. The van der Waals surface area contributed by atoms with Crippen molar-refractivity contribution < 1.29 is 8.91 Å². The molecular weight excluding hydrogens is 295 g/mol. The molecule has 1 aromatic heterocycles. The molecule has 0 amide bonds. The fourth-order valence-electron chi connectivity index (χ4n) is 2.95. The molecule has 1 atom stereocenters. The minimum atomic E-state index is -0.204. The number of benzene rings is 1. The number of hydrogen-bond acceptors (Lipinski definition) is 5. The zero-order valence-corrected chi connectivity index (χ0v) is 13.6. The molecule has 1 N–H and O–H groups in total. The van der Waals surface area contributed by atoms with Gasteiger partial charge < -0.3 is 9.84 Å². The second-order valence-electron chi connectivity index (χ2n) is 6.45. The highest BCUT2D eigenvalue weighted by Crippen LogP contribution is 2.24. The minimum absolute atomic E-state index is 0.111. The molecule has 1 saturated heterocycles. The Balaban J connectivity index is 1.73. The lowest BCUT2D eigenvalue weighted by molar-refractivity contribution is 0.135. The van der Waals surface area contributed by atoms with Gasteiger partial charge in [0.05, 0.1) is 6.54 Å². The van der Waals surface area contributed by atoms with Crippen LogP contribution < -0.4 is 5.32 Å². The Morgan fingerprint density at radius 3 is 3.09 bits per heavy atom. The predicted octanol–water partition coefficient (Wildman–Crippen LogP) is 2.55. The zero-order valence-electron chi connectivity index (χ0n) is 13.6. The molecule has 0 saturated carbocycles. The van der Waals surface area contributed by atoms with Crippen molar-refractivity contribution in [3.8, 4) is 0 Å². The molecule has 124 valence electrons. The van der Waals surface area contributed by atoms with E-state index in [0.29, 0.717) is 18.4 Å². The van der Waals surface area contributed by atoms with Gasteiger partial charge in [0.25, 0.3) is 0 Å². The Morgan fingerprint density at radius 1 is 1.43 bits per heavy atom. The number of nitrogens with one attached hydrogen (secondary N) is 1. The van der Waals surface area contributed by atoms with Crippen LogP contribution in [0.1, 0.15) is 37.2 Å². The molecule has 1 aromatic carbocycles. The lowest BCUT2D eigenvalue weighted by atomic mass is 10.0. The van der Waals surface area contributed by atoms with E-state index in [1.807, 2.05) is 6.07 Å². The topological polar surface area (TPSA) is 54.2 Å². The van der Waals surface area contributed by atoms with Crippen LogP contribution in [0.25, 0.3) is 0 Å². The molecular formula is C17H23FN4O. The quantitative estimate of drug-likeness (QED) is 0.918. The van der Waals surface area contributed by atoms with Crippen LogP contribution in [0.3, 0.4) is 0 Å². The Bertz CT molecular complexity index is 643. The van der Waals surface area contributed by atoms with Crippen molar-refractivity contribution in [3.63, 3.8) is 0 Å². The van der Waals surface area contributed by atoms with Crippen LogP contribution in [0.4, 0.5) is 4.39 Å². The average Bonchev–Trinajstić information content (AvgIpc) is 2.94. The molecule has 0 bridgehead atoms. The third kappa shape index (κ3) is 4.14. The standard InChI is InChI=1S/C17H23FN4O/c1-12(2)8-16-20-17(23-21-16)11-22-7-6-19-10-15(22)13-4-3-5-14(18)9-13/h3-5,9,12,15,19H,6-8,10-11H2,1-2H3. The third-order valence-corrected chi connectivity index (χ3v) is 4.03. The summed E-state index contributed by atoms with van der Waals surface area (Å²) in [6.07, 6.45) is 0.818. The van der Waals surface area contributed by atoms with Crippen LogP contribution >= 0.6 is 0 Å². The number of halogens is 1. The molecule has 6 heteroatoms. The SMILES string of the molecule is CC(C)Cc1noc(CN2CCNCC2c2cccc(F)c2)n1. The van der Waals surface area contributed by atoms with Gasteiger partial charge >= 0.3 is 0 Å². The van der Waals surface area contributed by atoms with Gasteiger partial charge in [-0.3, -0.25) is 4.90 Å². The van der Waals surface area contributed by atoms with Crippen molar-refractivity contribution in [3.05, 3.63) is 47.4 Å². The Morgan fingerprint density at radius 2 is 2.30 bits per heavy atom. The van der Waals surface area contributed by atoms with Gasteiger partial charge in [-0.25, -0.2) is 4.39 Å². The summed E-state index contributed by atoms with van der Waals surface area (Å²) in [6.45, 7) is 7.41. The summed E-state index contributed by atoms with van der Waals surface area (Å²) in [6, 6.07) is 6.90. The van der Waals surface area contributed by atoms with Crippen LogP contribution in [0.15, 0.2) is 28.8 Å². The first-order chi connectivity index (χ1) is 11.1. The van der Waals surface area contributed by atoms with E-state index in [0.717, 1.165) is 37.4 Å². The predicted molar refractivity (Wildman–Crippen MR) is 85.3 cm³/mol. The van der Waals surface area contributed by atoms with Gasteiger partial charge in [0.2, 0.25) is 5.89 Å². The van der Waals surface area contributed by atoms with E-state index in [1.165, 1.54) is 6.07 Å². The number of hydrogen-bond donors (Lipinski definition) is 1. The van der Waals surface area contributed by atoms with Crippen LogP contribution in [0, 0.1) is 11.7 Å². The van der Waals surface area contributed by atoms with Crippen LogP contribution in [0.2, 0.25) is 0 Å². The third-order valence-electron chi connectivity index (χ3n) is 4.03. The van der Waals surface area contributed by atoms with Gasteiger partial charge in [0, 0.05) is 32.1 Å². The van der Waals surface area contributed by atoms with E-state index in [4.69, 9.17) is 4.52 Å². The molecule has 1 fully saturated rings. The molecule has 0 aliphatic carbocycles. The van der Waals surface area contributed by atoms with E-state index in [-0.39, 0.29) is 11.9 Å². The molecule has 2 aromatic rings. The largest absolute Gasteiger partial charge is 0.338 e. The van der Waals surface area contributed by atoms with Crippen molar-refractivity contribution in [1.29, 1.82) is 0 Å². The summed E-state index contributed by atoms with van der Waals surface area (Å²) in [4.78, 5) is 6.74. The van der Waals surface area contributed by atoms with Crippen LogP contribution in [-0.4, -0.2) is 34.7 Å². The van der Waals surface area contributed by atoms with Crippen LogP contribution in [0.5, 0.6) is 0 Å². The first kappa shape index (κ1) is 16.1. The molecule has 0 radical (unpaired) electrons. The summed E-state index contributed by atoms with van der Waals surface area (Å²) >= 11 is 0. The zero-order chi connectivity index (χ0) is 16.2. The smallest absolute Gasteiger partial charge is 0.240 e. The highest BCUT2D eigenvalue weighted by molar-refractivity contribution is 5.21. The first-order valence-corrected chi connectivity index (χ1v) is 8.13. The van der Waals surface area contributed by atoms with Crippen molar-refractivity contribution in [2.75, 3.05) is 19.6 Å². The van der Waals surface area contributed by atoms with Gasteiger partial charge in [0.1, 0.15) is 5.82 Å². The lowest BCUT2D eigenvalue weighted by Gasteiger charge is -2.35. The summed E-state index contributed by atoms with van der Waals surface area (Å²) in [5.41, 5.74) is 0.971. The van der Waals surface area contributed by atoms with Crippen molar-refractivity contribution in [2.45, 2.75) is 32.9 Å². The van der Waals surface area contributed by atoms with Gasteiger partial charge in [-0.15, -0.1) is 0 Å². The highest BCUT2D eigenvalue weighted by atomic mass is 19.1. The number of piperazine rings is 1. The van der Waals surface area contributed by atoms with Crippen LogP contribution in [-0.2, 0) is 13.0 Å². The summed E-state index contributed by atoms with van der Waals surface area (Å²) in [7, 11) is 0. The number of aromatic nitrogens is 2. The van der Waals surface area contributed by atoms with Gasteiger partial charge in [-0.05, 0) is 23.6 Å². The minimum Gasteiger partial charge on any atom is -0.338 e. The summed E-state index contributed by atoms with van der Waals surface area (Å²) in [5, 5.41) is 7.41. The first-order valence-electron chi connectivity index (χ1n) is 8.13. The van der Waals surface area contributed by atoms with Gasteiger partial charge in [-0.1, -0.05) is 31.1 Å². The second kappa shape index (κ2) is 7.19. The van der Waals surface area contributed by atoms with Crippen molar-refractivity contribution in [1.82, 2.24) is 20.4 Å². The summed E-state index contributed by atoms with van der Waals surface area (Å²) in [5.74, 6) is 1.68. The summed E-state index contributed by atoms with van der Waals surface area (Å²) < 4.78 is 18.9. The maximum absolute atomic E-state index is 13.5. The maximum Gasteiger partial charge on any atom is 0.240 e. The molecule has 3 rings (SSSR count). The van der Waals surface area contributed by atoms with Crippen molar-refractivity contribution >= 4 is 0 Å². The Labute approximate surface area is 135 Å². The Hall–Kier alpha value is -1.79. The number of nitrogens with zero attached hydrogens (tertiary/aromatic N) is 3. The molecule has 1 aliphatic rings. The van der Waals surface area contributed by atoms with Crippen molar-refractivity contribution in [2.24, 2.45) is 5.92 Å². The molecule has 23 heavy (non-hydrogen) atoms. The highest BCUT2D eigenvalue weighted by Gasteiger charge is 2.25. The number of rotatable bonds is 5. The van der Waals surface area contributed by atoms with E-state index < -0.39 is 0 Å². The Kier molecular flexibility index (Phi) is 5.03. The van der Waals surface area contributed by atoms with E-state index in [2.05, 4.69) is 34.2 Å². The molecule has 0 spiro atoms. The fraction of sp³-hybridized carbons (Fsp3) is 0.529. The fourth-order valence-corrected chi connectivity index (χ4v) is 2.95.